The number of hydrogen-bond donors (Lipinski definition) is 3. The lowest BCUT2D eigenvalue weighted by Gasteiger charge is -2.09. The predicted octanol–water partition coefficient (Wildman–Crippen LogP) is 0.632. The molecule has 0 bridgehead atoms. The van der Waals surface area contributed by atoms with Crippen molar-refractivity contribution in [3.05, 3.63) is 41.8 Å². The summed E-state index contributed by atoms with van der Waals surface area (Å²) in [5.41, 5.74) is 0.0531. The van der Waals surface area contributed by atoms with Gasteiger partial charge in [0.05, 0.1) is 23.2 Å². The second kappa shape index (κ2) is 5.31. The van der Waals surface area contributed by atoms with Gasteiger partial charge in [-0.3, -0.25) is 0 Å². The summed E-state index contributed by atoms with van der Waals surface area (Å²) < 4.78 is 27.3. The Labute approximate surface area is 114 Å². The first kappa shape index (κ1) is 14.0. The number of sulfonamides is 1. The highest BCUT2D eigenvalue weighted by Gasteiger charge is 2.16. The molecule has 1 aromatic carbocycles. The first-order valence-electron chi connectivity index (χ1n) is 5.41. The van der Waals surface area contributed by atoms with Crippen LogP contribution in [-0.4, -0.2) is 24.7 Å². The quantitative estimate of drug-likeness (QED) is 0.736. The Morgan fingerprint density at radius 2 is 2.15 bits per heavy atom. The number of carboxylic acid groups (broad SMARTS) is 1. The molecular weight excluding hydrogens is 286 g/mol. The molecule has 0 saturated heterocycles. The Morgan fingerprint density at radius 3 is 2.70 bits per heavy atom. The Morgan fingerprint density at radius 1 is 1.40 bits per heavy atom. The number of nitrogens with zero attached hydrogens (tertiary/aromatic N) is 1. The first-order valence-corrected chi connectivity index (χ1v) is 6.96. The standard InChI is InChI=1S/C11H11N3O5S/c12-20(17,18)8-1-2-10(9(5-8)11(15)16)13-6-7-3-4-14-19-7/h1-5,13H,6H2,(H,15,16)(H2,12,17,18). The number of rotatable bonds is 5. The van der Waals surface area contributed by atoms with Crippen LogP contribution in [0.3, 0.4) is 0 Å². The molecule has 2 rings (SSSR count). The van der Waals surface area contributed by atoms with Crippen molar-refractivity contribution in [3.8, 4) is 0 Å². The van der Waals surface area contributed by atoms with Crippen molar-refractivity contribution in [2.75, 3.05) is 5.32 Å². The van der Waals surface area contributed by atoms with E-state index in [1.54, 1.807) is 6.07 Å². The van der Waals surface area contributed by atoms with Gasteiger partial charge < -0.3 is 14.9 Å². The number of carbonyl (C=O) groups is 1. The lowest BCUT2D eigenvalue weighted by atomic mass is 10.2. The van der Waals surface area contributed by atoms with Gasteiger partial charge in [-0.05, 0) is 18.2 Å². The van der Waals surface area contributed by atoms with Gasteiger partial charge in [0.25, 0.3) is 0 Å². The lowest BCUT2D eigenvalue weighted by Crippen LogP contribution is -2.14. The van der Waals surface area contributed by atoms with Gasteiger partial charge in [0.15, 0.2) is 5.76 Å². The van der Waals surface area contributed by atoms with E-state index in [2.05, 4.69) is 10.5 Å². The number of primary sulfonamides is 1. The van der Waals surface area contributed by atoms with E-state index in [0.717, 1.165) is 6.07 Å². The molecule has 4 N–H and O–H groups in total. The van der Waals surface area contributed by atoms with Crippen LogP contribution in [0.4, 0.5) is 5.69 Å². The molecule has 0 atom stereocenters. The van der Waals surface area contributed by atoms with E-state index in [1.807, 2.05) is 0 Å². The topological polar surface area (TPSA) is 136 Å². The van der Waals surface area contributed by atoms with E-state index >= 15 is 0 Å². The summed E-state index contributed by atoms with van der Waals surface area (Å²) in [5.74, 6) is -0.757. The Bertz CT molecular complexity index is 725. The molecule has 1 aromatic heterocycles. The second-order valence-electron chi connectivity index (χ2n) is 3.89. The van der Waals surface area contributed by atoms with E-state index < -0.39 is 16.0 Å². The van der Waals surface area contributed by atoms with Crippen LogP contribution >= 0.6 is 0 Å². The summed E-state index contributed by atoms with van der Waals surface area (Å²) in [6, 6.07) is 5.18. The molecule has 8 nitrogen and oxygen atoms in total. The minimum Gasteiger partial charge on any atom is -0.478 e. The zero-order chi connectivity index (χ0) is 14.8. The van der Waals surface area contributed by atoms with Crippen molar-refractivity contribution in [3.63, 3.8) is 0 Å². The molecule has 0 fully saturated rings. The number of hydrogen-bond acceptors (Lipinski definition) is 6. The number of benzene rings is 1. The second-order valence-corrected chi connectivity index (χ2v) is 5.45. The van der Waals surface area contributed by atoms with Gasteiger partial charge in [0, 0.05) is 11.8 Å². The lowest BCUT2D eigenvalue weighted by molar-refractivity contribution is 0.0697. The maximum absolute atomic E-state index is 11.2. The molecule has 0 aliphatic rings. The minimum atomic E-state index is -3.95. The van der Waals surface area contributed by atoms with E-state index in [1.165, 1.54) is 18.3 Å². The predicted molar refractivity (Wildman–Crippen MR) is 68.6 cm³/mol. The third-order valence-corrected chi connectivity index (χ3v) is 3.41. The normalized spacial score (nSPS) is 11.2. The van der Waals surface area contributed by atoms with Crippen molar-refractivity contribution in [1.82, 2.24) is 5.16 Å². The number of anilines is 1. The Hall–Kier alpha value is -2.39. The fraction of sp³-hybridized carbons (Fsp3) is 0.0909. The van der Waals surface area contributed by atoms with Crippen LogP contribution < -0.4 is 10.5 Å². The van der Waals surface area contributed by atoms with Gasteiger partial charge in [0.2, 0.25) is 10.0 Å². The summed E-state index contributed by atoms with van der Waals surface area (Å²) in [6.45, 7) is 0.217. The highest BCUT2D eigenvalue weighted by atomic mass is 32.2. The monoisotopic (exact) mass is 297 g/mol. The maximum atomic E-state index is 11.2. The third kappa shape index (κ3) is 3.13. The molecule has 106 valence electrons. The van der Waals surface area contributed by atoms with E-state index in [9.17, 15) is 13.2 Å². The zero-order valence-electron chi connectivity index (χ0n) is 10.1. The number of aromatic nitrogens is 1. The van der Waals surface area contributed by atoms with E-state index in [-0.39, 0.29) is 22.7 Å². The molecule has 20 heavy (non-hydrogen) atoms. The highest BCUT2D eigenvalue weighted by Crippen LogP contribution is 2.20. The SMILES string of the molecule is NS(=O)(=O)c1ccc(NCc2ccno2)c(C(=O)O)c1. The van der Waals surface area contributed by atoms with Gasteiger partial charge in [-0.25, -0.2) is 18.4 Å². The van der Waals surface area contributed by atoms with Crippen LogP contribution in [0.15, 0.2) is 39.9 Å². The zero-order valence-corrected chi connectivity index (χ0v) is 10.9. The summed E-state index contributed by atoms with van der Waals surface area (Å²) in [4.78, 5) is 10.9. The summed E-state index contributed by atoms with van der Waals surface area (Å²) in [7, 11) is -3.95. The smallest absolute Gasteiger partial charge is 0.337 e. The molecule has 0 unspecified atom stereocenters. The average molecular weight is 297 g/mol. The molecule has 0 amide bonds. The van der Waals surface area contributed by atoms with Crippen molar-refractivity contribution in [1.29, 1.82) is 0 Å². The molecule has 0 radical (unpaired) electrons. The molecule has 0 aliphatic carbocycles. The fourth-order valence-electron chi connectivity index (χ4n) is 1.55. The maximum Gasteiger partial charge on any atom is 0.337 e. The summed E-state index contributed by atoms with van der Waals surface area (Å²) in [5, 5.41) is 20.4. The molecule has 9 heteroatoms. The van der Waals surface area contributed by atoms with Crippen LogP contribution in [0.25, 0.3) is 0 Å². The third-order valence-electron chi connectivity index (χ3n) is 2.49. The first-order chi connectivity index (χ1) is 9.38. The number of carboxylic acids is 1. The van der Waals surface area contributed by atoms with Crippen molar-refractivity contribution in [2.24, 2.45) is 5.14 Å². The number of nitrogens with two attached hydrogens (primary N) is 1. The van der Waals surface area contributed by atoms with Crippen LogP contribution in [0, 0.1) is 0 Å². The van der Waals surface area contributed by atoms with Crippen molar-refractivity contribution >= 4 is 21.7 Å². The van der Waals surface area contributed by atoms with Crippen LogP contribution in [0.1, 0.15) is 16.1 Å². The van der Waals surface area contributed by atoms with Gasteiger partial charge in [0.1, 0.15) is 0 Å². The number of aromatic carboxylic acids is 1. The van der Waals surface area contributed by atoms with Gasteiger partial charge in [-0.2, -0.15) is 0 Å². The highest BCUT2D eigenvalue weighted by molar-refractivity contribution is 7.89. The van der Waals surface area contributed by atoms with Crippen LogP contribution in [0.2, 0.25) is 0 Å². The van der Waals surface area contributed by atoms with E-state index in [0.29, 0.717) is 5.76 Å². The summed E-state index contributed by atoms with van der Waals surface area (Å²) >= 11 is 0. The van der Waals surface area contributed by atoms with Crippen molar-refractivity contribution < 1.29 is 22.8 Å². The molecule has 0 spiro atoms. The molecule has 1 heterocycles. The van der Waals surface area contributed by atoms with E-state index in [4.69, 9.17) is 14.8 Å². The van der Waals surface area contributed by atoms with Gasteiger partial charge in [-0.15, -0.1) is 0 Å². The number of nitrogens with one attached hydrogen (secondary N) is 1. The minimum absolute atomic E-state index is 0.198. The van der Waals surface area contributed by atoms with Crippen LogP contribution in [0.5, 0.6) is 0 Å². The molecule has 0 saturated carbocycles. The molecule has 0 aliphatic heterocycles. The Balaban J connectivity index is 2.31. The fourth-order valence-corrected chi connectivity index (χ4v) is 2.09. The molecular formula is C11H11N3O5S. The Kier molecular flexibility index (Phi) is 3.72. The average Bonchev–Trinajstić information content (AvgIpc) is 2.88. The molecule has 2 aromatic rings. The summed E-state index contributed by atoms with van der Waals surface area (Å²) in [6.07, 6.45) is 1.46. The van der Waals surface area contributed by atoms with Crippen LogP contribution in [-0.2, 0) is 16.6 Å². The van der Waals surface area contributed by atoms with Crippen molar-refractivity contribution in [2.45, 2.75) is 11.4 Å². The van der Waals surface area contributed by atoms with Gasteiger partial charge >= 0.3 is 5.97 Å². The van der Waals surface area contributed by atoms with Gasteiger partial charge in [-0.1, -0.05) is 5.16 Å². The largest absolute Gasteiger partial charge is 0.478 e.